The standard InChI is InChI=1S/C23H21F3N6OS/c1-13-3-7-15(8-4-13)31-21(29-30-22(31)34)17-12-27-32-19(23(24,25)26)11-18(28-20(17)32)14-5-9-16(33-2)10-6-14/h3-10,12,18-19,28H,11H2,1-2H3,(H,30,34)/t18-,19+/m1/s1. The van der Waals surface area contributed by atoms with Crippen LogP contribution in [0.5, 0.6) is 5.75 Å². The molecule has 0 spiro atoms. The molecule has 0 aliphatic carbocycles. The SMILES string of the molecule is COc1ccc([C@H]2C[C@@H](C(F)(F)F)n3ncc(-c4n[nH]c(=S)n4-c4ccc(C)cc4)c3N2)cc1. The van der Waals surface area contributed by atoms with E-state index in [1.54, 1.807) is 35.9 Å². The Hall–Kier alpha value is -3.60. The van der Waals surface area contributed by atoms with E-state index in [-0.39, 0.29) is 12.2 Å². The van der Waals surface area contributed by atoms with E-state index in [0.717, 1.165) is 15.9 Å². The predicted molar refractivity (Wildman–Crippen MR) is 124 cm³/mol. The van der Waals surface area contributed by atoms with Crippen molar-refractivity contribution in [1.29, 1.82) is 0 Å². The normalized spacial score (nSPS) is 17.8. The van der Waals surface area contributed by atoms with Crippen LogP contribution in [-0.2, 0) is 0 Å². The van der Waals surface area contributed by atoms with E-state index in [9.17, 15) is 13.2 Å². The summed E-state index contributed by atoms with van der Waals surface area (Å²) in [5.74, 6) is 1.24. The molecule has 2 aromatic carbocycles. The molecule has 11 heteroatoms. The zero-order chi connectivity index (χ0) is 24.0. The van der Waals surface area contributed by atoms with E-state index >= 15 is 0 Å². The Kier molecular flexibility index (Phi) is 5.43. The third-order valence-corrected chi connectivity index (χ3v) is 6.24. The number of aryl methyl sites for hydroxylation is 1. The van der Waals surface area contributed by atoms with Gasteiger partial charge in [0.15, 0.2) is 16.6 Å². The zero-order valence-electron chi connectivity index (χ0n) is 18.3. The molecule has 0 fully saturated rings. The number of rotatable bonds is 4. The highest BCUT2D eigenvalue weighted by Gasteiger charge is 2.47. The van der Waals surface area contributed by atoms with Gasteiger partial charge in [0, 0.05) is 12.1 Å². The number of hydrogen-bond acceptors (Lipinski definition) is 5. The topological polar surface area (TPSA) is 72.7 Å². The molecule has 0 unspecified atom stereocenters. The number of anilines is 1. The van der Waals surface area contributed by atoms with Crippen LogP contribution >= 0.6 is 12.2 Å². The van der Waals surface area contributed by atoms with Crippen molar-refractivity contribution >= 4 is 18.0 Å². The van der Waals surface area contributed by atoms with Crippen LogP contribution in [0.4, 0.5) is 19.0 Å². The van der Waals surface area contributed by atoms with Gasteiger partial charge < -0.3 is 10.1 Å². The van der Waals surface area contributed by atoms with Crippen molar-refractivity contribution in [3.05, 3.63) is 70.6 Å². The molecule has 0 saturated carbocycles. The number of halogens is 3. The lowest BCUT2D eigenvalue weighted by atomic mass is 9.96. The van der Waals surface area contributed by atoms with Gasteiger partial charge >= 0.3 is 6.18 Å². The van der Waals surface area contributed by atoms with Crippen molar-refractivity contribution < 1.29 is 17.9 Å². The minimum atomic E-state index is -4.48. The number of aromatic nitrogens is 5. The molecule has 0 amide bonds. The first kappa shape index (κ1) is 22.2. The second-order valence-corrected chi connectivity index (χ2v) is 8.52. The number of fused-ring (bicyclic) bond motifs is 1. The highest BCUT2D eigenvalue weighted by atomic mass is 32.1. The Morgan fingerprint density at radius 2 is 1.79 bits per heavy atom. The smallest absolute Gasteiger partial charge is 0.410 e. The van der Waals surface area contributed by atoms with Crippen LogP contribution in [0.25, 0.3) is 17.1 Å². The molecule has 176 valence electrons. The summed E-state index contributed by atoms with van der Waals surface area (Å²) in [6, 6.07) is 12.2. The lowest BCUT2D eigenvalue weighted by Crippen LogP contribution is -2.35. The molecule has 1 aliphatic rings. The van der Waals surface area contributed by atoms with Gasteiger partial charge in [-0.25, -0.2) is 4.68 Å². The molecular formula is C23H21F3N6OS. The molecule has 2 N–H and O–H groups in total. The molecule has 0 radical (unpaired) electrons. The van der Waals surface area contributed by atoms with E-state index in [1.807, 2.05) is 31.2 Å². The first-order valence-electron chi connectivity index (χ1n) is 10.6. The van der Waals surface area contributed by atoms with Gasteiger partial charge in [-0.2, -0.15) is 23.4 Å². The third-order valence-electron chi connectivity index (χ3n) is 5.96. The summed E-state index contributed by atoms with van der Waals surface area (Å²) in [6.07, 6.45) is -3.28. The molecule has 0 saturated heterocycles. The van der Waals surface area contributed by atoms with Crippen LogP contribution in [0.2, 0.25) is 0 Å². The van der Waals surface area contributed by atoms with Crippen molar-refractivity contribution in [2.45, 2.75) is 31.6 Å². The van der Waals surface area contributed by atoms with Gasteiger partial charge in [-0.3, -0.25) is 9.67 Å². The highest BCUT2D eigenvalue weighted by Crippen LogP contribution is 2.46. The largest absolute Gasteiger partial charge is 0.497 e. The summed E-state index contributed by atoms with van der Waals surface area (Å²) < 4.78 is 50.4. The van der Waals surface area contributed by atoms with Gasteiger partial charge in [0.25, 0.3) is 0 Å². The fraction of sp³-hybridized carbons (Fsp3) is 0.261. The van der Waals surface area contributed by atoms with Crippen molar-refractivity contribution in [3.63, 3.8) is 0 Å². The second-order valence-electron chi connectivity index (χ2n) is 8.14. The summed E-state index contributed by atoms with van der Waals surface area (Å²) in [5.41, 5.74) is 2.95. The number of aromatic amines is 1. The van der Waals surface area contributed by atoms with Gasteiger partial charge in [0.1, 0.15) is 11.6 Å². The van der Waals surface area contributed by atoms with E-state index in [2.05, 4.69) is 20.6 Å². The van der Waals surface area contributed by atoms with Crippen molar-refractivity contribution in [1.82, 2.24) is 24.5 Å². The maximum absolute atomic E-state index is 14.1. The van der Waals surface area contributed by atoms with Crippen LogP contribution in [0, 0.1) is 11.7 Å². The van der Waals surface area contributed by atoms with E-state index in [0.29, 0.717) is 27.5 Å². The first-order chi connectivity index (χ1) is 16.3. The summed E-state index contributed by atoms with van der Waals surface area (Å²) in [5, 5.41) is 14.4. The Bertz CT molecular complexity index is 1370. The molecule has 2 aromatic heterocycles. The molecule has 4 aromatic rings. The minimum Gasteiger partial charge on any atom is -0.497 e. The molecule has 5 rings (SSSR count). The average Bonchev–Trinajstić information content (AvgIpc) is 3.41. The third kappa shape index (κ3) is 3.85. The van der Waals surface area contributed by atoms with Crippen LogP contribution in [0.1, 0.15) is 29.6 Å². The van der Waals surface area contributed by atoms with E-state index in [4.69, 9.17) is 17.0 Å². The summed E-state index contributed by atoms with van der Waals surface area (Å²) >= 11 is 5.43. The number of benzene rings is 2. The number of alkyl halides is 3. The fourth-order valence-corrected chi connectivity index (χ4v) is 4.43. The number of ether oxygens (including phenoxy) is 1. The molecule has 7 nitrogen and oxygen atoms in total. The lowest BCUT2D eigenvalue weighted by molar-refractivity contribution is -0.173. The molecule has 34 heavy (non-hydrogen) atoms. The van der Waals surface area contributed by atoms with Crippen LogP contribution in [-0.4, -0.2) is 37.8 Å². The van der Waals surface area contributed by atoms with Crippen LogP contribution in [0.3, 0.4) is 0 Å². The predicted octanol–water partition coefficient (Wildman–Crippen LogP) is 5.77. The Balaban J connectivity index is 1.62. The van der Waals surface area contributed by atoms with Crippen LogP contribution < -0.4 is 10.1 Å². The fourth-order valence-electron chi connectivity index (χ4n) is 4.19. The number of methoxy groups -OCH3 is 1. The summed E-state index contributed by atoms with van der Waals surface area (Å²) in [7, 11) is 1.54. The quantitative estimate of drug-likeness (QED) is 0.358. The molecule has 2 atom stereocenters. The van der Waals surface area contributed by atoms with Gasteiger partial charge in [-0.1, -0.05) is 29.8 Å². The first-order valence-corrected chi connectivity index (χ1v) is 11.0. The summed E-state index contributed by atoms with van der Waals surface area (Å²) in [4.78, 5) is 0. The van der Waals surface area contributed by atoms with Gasteiger partial charge in [-0.05, 0) is 49.0 Å². The van der Waals surface area contributed by atoms with E-state index in [1.165, 1.54) is 6.20 Å². The number of nitrogens with one attached hydrogen (secondary N) is 2. The average molecular weight is 487 g/mol. The highest BCUT2D eigenvalue weighted by molar-refractivity contribution is 7.71. The molecular weight excluding hydrogens is 465 g/mol. The molecule has 3 heterocycles. The minimum absolute atomic E-state index is 0.200. The number of H-pyrrole nitrogens is 1. The Labute approximate surface area is 198 Å². The summed E-state index contributed by atoms with van der Waals surface area (Å²) in [6.45, 7) is 1.97. The Morgan fingerprint density at radius 3 is 2.44 bits per heavy atom. The van der Waals surface area contributed by atoms with Crippen LogP contribution in [0.15, 0.2) is 54.7 Å². The van der Waals surface area contributed by atoms with Gasteiger partial charge in [-0.15, -0.1) is 0 Å². The maximum Gasteiger partial charge on any atom is 0.410 e. The maximum atomic E-state index is 14.1. The Morgan fingerprint density at radius 1 is 1.09 bits per heavy atom. The zero-order valence-corrected chi connectivity index (χ0v) is 19.1. The van der Waals surface area contributed by atoms with Gasteiger partial charge in [0.2, 0.25) is 0 Å². The monoisotopic (exact) mass is 486 g/mol. The van der Waals surface area contributed by atoms with Gasteiger partial charge in [0.05, 0.1) is 24.9 Å². The van der Waals surface area contributed by atoms with E-state index < -0.39 is 18.3 Å². The van der Waals surface area contributed by atoms with Crippen molar-refractivity contribution in [3.8, 4) is 22.8 Å². The molecule has 0 bridgehead atoms. The second kappa shape index (κ2) is 8.32. The number of nitrogens with zero attached hydrogens (tertiary/aromatic N) is 4. The number of hydrogen-bond donors (Lipinski definition) is 2. The lowest BCUT2D eigenvalue weighted by Gasteiger charge is -2.34. The molecule has 1 aliphatic heterocycles. The van der Waals surface area contributed by atoms with Crippen molar-refractivity contribution in [2.24, 2.45) is 0 Å². The van der Waals surface area contributed by atoms with Crippen molar-refractivity contribution in [2.75, 3.05) is 12.4 Å².